The van der Waals surface area contributed by atoms with Crippen molar-refractivity contribution in [1.82, 2.24) is 5.32 Å². The topological polar surface area (TPSA) is 87.3 Å². The average Bonchev–Trinajstić information content (AvgIpc) is 3.44. The predicted molar refractivity (Wildman–Crippen MR) is 157 cm³/mol. The van der Waals surface area contributed by atoms with Crippen LogP contribution in [-0.4, -0.2) is 23.5 Å². The molecule has 0 aliphatic heterocycles. The molecule has 0 aliphatic carbocycles. The number of hydrogen-bond donors (Lipinski definition) is 3. The van der Waals surface area contributed by atoms with Gasteiger partial charge in [0.25, 0.3) is 11.8 Å². The van der Waals surface area contributed by atoms with E-state index < -0.39 is 5.91 Å². The Hall–Kier alpha value is -3.56. The van der Waals surface area contributed by atoms with E-state index in [0.29, 0.717) is 27.0 Å². The molecule has 0 fully saturated rings. The normalized spacial score (nSPS) is 11.1. The Kier molecular flexibility index (Phi) is 9.62. The van der Waals surface area contributed by atoms with Gasteiger partial charge in [-0.15, -0.1) is 11.8 Å². The molecule has 0 bridgehead atoms. The maximum Gasteiger partial charge on any atom is 0.272 e. The number of anilines is 2. The summed E-state index contributed by atoms with van der Waals surface area (Å²) in [6, 6.07) is 22.6. The Balaban J connectivity index is 1.37. The Labute approximate surface area is 238 Å². The summed E-state index contributed by atoms with van der Waals surface area (Å²) in [7, 11) is 0. The molecule has 0 spiro atoms. The van der Waals surface area contributed by atoms with Crippen LogP contribution in [0.4, 0.5) is 11.4 Å². The van der Waals surface area contributed by atoms with Gasteiger partial charge >= 0.3 is 0 Å². The molecule has 0 aliphatic rings. The zero-order valence-electron chi connectivity index (χ0n) is 19.7. The minimum atomic E-state index is -0.460. The fraction of sp³-hybridized carbons (Fsp3) is 0.0357. The number of rotatable bonds is 9. The molecule has 10 heteroatoms. The lowest BCUT2D eigenvalue weighted by molar-refractivity contribution is -0.114. The van der Waals surface area contributed by atoms with E-state index in [1.54, 1.807) is 72.8 Å². The summed E-state index contributed by atoms with van der Waals surface area (Å²) in [6.07, 6.45) is 1.63. The van der Waals surface area contributed by atoms with E-state index in [2.05, 4.69) is 16.0 Å². The SMILES string of the molecule is O=C(CSc1ccc(NC(=O)/C(=C/c2ccsc2)NC(=O)c2ccccc2)cc1)Nc1cccc(Cl)c1Cl. The van der Waals surface area contributed by atoms with Crippen molar-refractivity contribution in [3.8, 4) is 0 Å². The molecule has 1 heterocycles. The van der Waals surface area contributed by atoms with Gasteiger partial charge < -0.3 is 16.0 Å². The van der Waals surface area contributed by atoms with Gasteiger partial charge in [-0.1, -0.05) is 47.5 Å². The molecule has 3 N–H and O–H groups in total. The summed E-state index contributed by atoms with van der Waals surface area (Å²) in [5, 5.41) is 12.7. The Morgan fingerprint density at radius 3 is 2.34 bits per heavy atom. The average molecular weight is 583 g/mol. The van der Waals surface area contributed by atoms with Gasteiger partial charge in [0.05, 0.1) is 21.5 Å². The molecule has 4 aromatic rings. The van der Waals surface area contributed by atoms with Crippen LogP contribution in [-0.2, 0) is 9.59 Å². The van der Waals surface area contributed by atoms with E-state index in [4.69, 9.17) is 23.2 Å². The van der Waals surface area contributed by atoms with Crippen LogP contribution in [0.3, 0.4) is 0 Å². The molecule has 3 amide bonds. The largest absolute Gasteiger partial charge is 0.324 e. The zero-order valence-corrected chi connectivity index (χ0v) is 22.9. The first-order valence-electron chi connectivity index (χ1n) is 11.3. The number of thiophene rings is 1. The summed E-state index contributed by atoms with van der Waals surface area (Å²) in [5.74, 6) is -0.910. The van der Waals surface area contributed by atoms with Crippen LogP contribution in [0.15, 0.2) is 100 Å². The smallest absolute Gasteiger partial charge is 0.272 e. The van der Waals surface area contributed by atoms with E-state index in [1.165, 1.54) is 23.1 Å². The molecule has 0 saturated heterocycles. The van der Waals surface area contributed by atoms with Crippen molar-refractivity contribution in [1.29, 1.82) is 0 Å². The first-order chi connectivity index (χ1) is 18.4. The molecule has 1 aromatic heterocycles. The molecule has 6 nitrogen and oxygen atoms in total. The van der Waals surface area contributed by atoms with Crippen LogP contribution in [0, 0.1) is 0 Å². The van der Waals surface area contributed by atoms with E-state index in [9.17, 15) is 14.4 Å². The lowest BCUT2D eigenvalue weighted by Gasteiger charge is -2.12. The third kappa shape index (κ3) is 7.72. The van der Waals surface area contributed by atoms with Gasteiger partial charge in [0, 0.05) is 16.1 Å². The third-order valence-electron chi connectivity index (χ3n) is 5.09. The van der Waals surface area contributed by atoms with Gasteiger partial charge in [-0.2, -0.15) is 11.3 Å². The summed E-state index contributed by atoms with van der Waals surface area (Å²) >= 11 is 14.9. The second-order valence-corrected chi connectivity index (χ2v) is 10.5. The highest BCUT2D eigenvalue weighted by Crippen LogP contribution is 2.30. The lowest BCUT2D eigenvalue weighted by Crippen LogP contribution is -2.30. The van der Waals surface area contributed by atoms with Gasteiger partial charge in [-0.05, 0) is 77.0 Å². The second-order valence-electron chi connectivity index (χ2n) is 7.85. The van der Waals surface area contributed by atoms with Crippen LogP contribution in [0.2, 0.25) is 10.0 Å². The van der Waals surface area contributed by atoms with Gasteiger partial charge in [0.1, 0.15) is 5.70 Å². The monoisotopic (exact) mass is 581 g/mol. The molecular formula is C28H21Cl2N3O3S2. The highest BCUT2D eigenvalue weighted by molar-refractivity contribution is 8.00. The van der Waals surface area contributed by atoms with Crippen LogP contribution in [0.5, 0.6) is 0 Å². The maximum absolute atomic E-state index is 13.1. The molecule has 192 valence electrons. The van der Waals surface area contributed by atoms with Gasteiger partial charge in [-0.3, -0.25) is 14.4 Å². The van der Waals surface area contributed by atoms with Crippen molar-refractivity contribution in [2.24, 2.45) is 0 Å². The predicted octanol–water partition coefficient (Wildman–Crippen LogP) is 7.20. The van der Waals surface area contributed by atoms with Gasteiger partial charge in [-0.25, -0.2) is 0 Å². The third-order valence-corrected chi connectivity index (χ3v) is 7.62. The molecular weight excluding hydrogens is 561 g/mol. The van der Waals surface area contributed by atoms with Crippen molar-refractivity contribution >= 4 is 81.5 Å². The van der Waals surface area contributed by atoms with Crippen LogP contribution in [0.1, 0.15) is 15.9 Å². The molecule has 0 atom stereocenters. The number of halogens is 2. The van der Waals surface area contributed by atoms with Crippen LogP contribution < -0.4 is 16.0 Å². The van der Waals surface area contributed by atoms with Crippen LogP contribution >= 0.6 is 46.3 Å². The lowest BCUT2D eigenvalue weighted by atomic mass is 10.2. The van der Waals surface area contributed by atoms with Crippen molar-refractivity contribution in [3.63, 3.8) is 0 Å². The minimum Gasteiger partial charge on any atom is -0.324 e. The first-order valence-corrected chi connectivity index (χ1v) is 14.0. The highest BCUT2D eigenvalue weighted by atomic mass is 35.5. The number of amides is 3. The maximum atomic E-state index is 13.1. The number of benzene rings is 3. The molecule has 0 radical (unpaired) electrons. The van der Waals surface area contributed by atoms with Crippen molar-refractivity contribution < 1.29 is 14.4 Å². The fourth-order valence-electron chi connectivity index (χ4n) is 3.23. The number of thioether (sulfide) groups is 1. The quantitative estimate of drug-likeness (QED) is 0.144. The molecule has 0 unspecified atom stereocenters. The number of hydrogen-bond acceptors (Lipinski definition) is 5. The molecule has 4 rings (SSSR count). The van der Waals surface area contributed by atoms with Gasteiger partial charge in [0.15, 0.2) is 0 Å². The minimum absolute atomic E-state index is 0.118. The summed E-state index contributed by atoms with van der Waals surface area (Å²) in [6.45, 7) is 0. The van der Waals surface area contributed by atoms with E-state index >= 15 is 0 Å². The van der Waals surface area contributed by atoms with E-state index in [0.717, 1.165) is 10.5 Å². The first kappa shape index (κ1) is 27.5. The zero-order chi connectivity index (χ0) is 26.9. The number of carbonyl (C=O) groups is 3. The number of nitrogens with one attached hydrogen (secondary N) is 3. The van der Waals surface area contributed by atoms with E-state index in [-0.39, 0.29) is 23.3 Å². The van der Waals surface area contributed by atoms with E-state index in [1.807, 2.05) is 22.9 Å². The highest BCUT2D eigenvalue weighted by Gasteiger charge is 2.15. The summed E-state index contributed by atoms with van der Waals surface area (Å²) in [4.78, 5) is 38.9. The van der Waals surface area contributed by atoms with Crippen molar-refractivity contribution in [3.05, 3.63) is 116 Å². The Morgan fingerprint density at radius 1 is 0.868 bits per heavy atom. The Morgan fingerprint density at radius 2 is 1.63 bits per heavy atom. The Bertz CT molecular complexity index is 1460. The number of carbonyl (C=O) groups excluding carboxylic acids is 3. The molecule has 0 saturated carbocycles. The molecule has 38 heavy (non-hydrogen) atoms. The summed E-state index contributed by atoms with van der Waals surface area (Å²) in [5.41, 5.74) is 2.36. The van der Waals surface area contributed by atoms with Crippen molar-refractivity contribution in [2.45, 2.75) is 4.90 Å². The standard InChI is InChI=1S/C28H21Cl2N3O3S2/c29-22-7-4-8-23(26(22)30)32-25(34)17-38-21-11-9-20(10-12-21)31-28(36)24(15-18-13-14-37-16-18)33-27(35)19-5-2-1-3-6-19/h1-16H,17H2,(H,31,36)(H,32,34)(H,33,35)/b24-15-. The van der Waals surface area contributed by atoms with Gasteiger partial charge in [0.2, 0.25) is 5.91 Å². The second kappa shape index (κ2) is 13.3. The van der Waals surface area contributed by atoms with Crippen LogP contribution in [0.25, 0.3) is 6.08 Å². The van der Waals surface area contributed by atoms with Crippen molar-refractivity contribution in [2.75, 3.05) is 16.4 Å². The summed E-state index contributed by atoms with van der Waals surface area (Å²) < 4.78 is 0. The fourth-order valence-corrected chi connectivity index (χ4v) is 4.90. The molecule has 3 aromatic carbocycles.